The zero-order chi connectivity index (χ0) is 24.5. The van der Waals surface area contributed by atoms with Crippen LogP contribution in [0.2, 0.25) is 5.02 Å². The van der Waals surface area contributed by atoms with Gasteiger partial charge in [-0.2, -0.15) is 4.31 Å². The minimum atomic E-state index is -3.77. The van der Waals surface area contributed by atoms with Crippen molar-refractivity contribution in [3.05, 3.63) is 77.3 Å². The molecule has 34 heavy (non-hydrogen) atoms. The molecular formula is C24H25ClN4O3S2. The number of rotatable bonds is 7. The number of hydrogen-bond donors (Lipinski definition) is 1. The third-order valence-electron chi connectivity index (χ3n) is 5.72. The molecule has 4 rings (SSSR count). The monoisotopic (exact) mass is 516 g/mol. The molecule has 7 nitrogen and oxygen atoms in total. The summed E-state index contributed by atoms with van der Waals surface area (Å²) in [6.07, 6.45) is 1.74. The van der Waals surface area contributed by atoms with Gasteiger partial charge in [-0.05, 0) is 29.1 Å². The highest BCUT2D eigenvalue weighted by Gasteiger charge is 2.33. The summed E-state index contributed by atoms with van der Waals surface area (Å²) in [6, 6.07) is 14.4. The van der Waals surface area contributed by atoms with Gasteiger partial charge in [0.25, 0.3) is 10.0 Å². The van der Waals surface area contributed by atoms with E-state index in [1.807, 2.05) is 31.3 Å². The first kappa shape index (κ1) is 24.4. The van der Waals surface area contributed by atoms with Gasteiger partial charge in [-0.1, -0.05) is 48.0 Å². The van der Waals surface area contributed by atoms with Crippen molar-refractivity contribution in [2.45, 2.75) is 10.8 Å². The number of amidine groups is 1. The highest BCUT2D eigenvalue weighted by atomic mass is 35.5. The van der Waals surface area contributed by atoms with Crippen LogP contribution in [0.25, 0.3) is 10.1 Å². The van der Waals surface area contributed by atoms with E-state index in [2.05, 4.69) is 6.58 Å². The first-order valence-corrected chi connectivity index (χ1v) is 13.3. The van der Waals surface area contributed by atoms with Gasteiger partial charge in [0, 0.05) is 48.5 Å². The van der Waals surface area contributed by atoms with Gasteiger partial charge in [0.2, 0.25) is 5.91 Å². The summed E-state index contributed by atoms with van der Waals surface area (Å²) in [5.74, 6) is 0.159. The van der Waals surface area contributed by atoms with Gasteiger partial charge in [0.15, 0.2) is 0 Å². The van der Waals surface area contributed by atoms with Crippen LogP contribution in [0, 0.1) is 5.41 Å². The number of sulfonamides is 1. The summed E-state index contributed by atoms with van der Waals surface area (Å²) in [6.45, 7) is 5.03. The molecule has 1 aliphatic rings. The van der Waals surface area contributed by atoms with Crippen molar-refractivity contribution < 1.29 is 13.2 Å². The number of carbonyl (C=O) groups is 1. The molecule has 1 aromatic heterocycles. The highest BCUT2D eigenvalue weighted by molar-refractivity contribution is 7.91. The Morgan fingerprint density at radius 1 is 1.21 bits per heavy atom. The molecule has 1 saturated heterocycles. The van der Waals surface area contributed by atoms with E-state index in [0.717, 1.165) is 32.5 Å². The first-order chi connectivity index (χ1) is 16.2. The quantitative estimate of drug-likeness (QED) is 0.292. The number of fused-ring (bicyclic) bond motifs is 1. The SMILES string of the molecule is C=CCN(C)C(=N)c1ccc(CN2CCN(S(=O)(=O)c3cc4ccc(Cl)cc4s3)CC2=O)cc1. The third kappa shape index (κ3) is 5.02. The van der Waals surface area contributed by atoms with Gasteiger partial charge in [0.1, 0.15) is 10.0 Å². The molecule has 0 bridgehead atoms. The summed E-state index contributed by atoms with van der Waals surface area (Å²) < 4.78 is 28.6. The van der Waals surface area contributed by atoms with E-state index in [9.17, 15) is 13.2 Å². The molecule has 0 atom stereocenters. The topological polar surface area (TPSA) is 84.8 Å². The van der Waals surface area contributed by atoms with E-state index in [1.54, 1.807) is 40.1 Å². The van der Waals surface area contributed by atoms with Crippen LogP contribution >= 0.6 is 22.9 Å². The van der Waals surface area contributed by atoms with Crippen molar-refractivity contribution in [3.8, 4) is 0 Å². The number of thiophene rings is 1. The Hall–Kier alpha value is -2.72. The largest absolute Gasteiger partial charge is 0.356 e. The van der Waals surface area contributed by atoms with Crippen LogP contribution in [-0.4, -0.2) is 67.5 Å². The molecule has 0 saturated carbocycles. The molecule has 1 aliphatic heterocycles. The number of amides is 1. The van der Waals surface area contributed by atoms with Crippen molar-refractivity contribution in [3.63, 3.8) is 0 Å². The van der Waals surface area contributed by atoms with E-state index in [-0.39, 0.29) is 23.2 Å². The number of halogens is 1. The van der Waals surface area contributed by atoms with Gasteiger partial charge in [-0.15, -0.1) is 17.9 Å². The Balaban J connectivity index is 1.41. The van der Waals surface area contributed by atoms with Crippen molar-refractivity contribution in [2.75, 3.05) is 33.2 Å². The van der Waals surface area contributed by atoms with Crippen LogP contribution in [0.15, 0.2) is 65.4 Å². The molecular weight excluding hydrogens is 492 g/mol. The Morgan fingerprint density at radius 2 is 1.94 bits per heavy atom. The van der Waals surface area contributed by atoms with E-state index in [1.165, 1.54) is 4.31 Å². The molecule has 2 aromatic carbocycles. The maximum Gasteiger partial charge on any atom is 0.253 e. The maximum absolute atomic E-state index is 13.2. The van der Waals surface area contributed by atoms with Crippen molar-refractivity contribution in [1.82, 2.24) is 14.1 Å². The Labute approximate surface area is 208 Å². The fraction of sp³-hybridized carbons (Fsp3) is 0.250. The van der Waals surface area contributed by atoms with Crippen molar-refractivity contribution in [2.24, 2.45) is 0 Å². The zero-order valence-corrected chi connectivity index (χ0v) is 21.1. The fourth-order valence-electron chi connectivity index (χ4n) is 3.79. The smallest absolute Gasteiger partial charge is 0.253 e. The average Bonchev–Trinajstić information content (AvgIpc) is 3.24. The lowest BCUT2D eigenvalue weighted by Gasteiger charge is -2.33. The third-order valence-corrected chi connectivity index (χ3v) is 9.35. The lowest BCUT2D eigenvalue weighted by molar-refractivity contribution is -0.134. The predicted octanol–water partition coefficient (Wildman–Crippen LogP) is 4.03. The van der Waals surface area contributed by atoms with Gasteiger partial charge >= 0.3 is 0 Å². The maximum atomic E-state index is 13.2. The lowest BCUT2D eigenvalue weighted by atomic mass is 10.1. The summed E-state index contributed by atoms with van der Waals surface area (Å²) in [5, 5.41) is 9.60. The molecule has 10 heteroatoms. The molecule has 1 N–H and O–H groups in total. The highest BCUT2D eigenvalue weighted by Crippen LogP contribution is 2.33. The van der Waals surface area contributed by atoms with Crippen LogP contribution in [0.4, 0.5) is 0 Å². The van der Waals surface area contributed by atoms with E-state index >= 15 is 0 Å². The van der Waals surface area contributed by atoms with E-state index < -0.39 is 10.0 Å². The van der Waals surface area contributed by atoms with Crippen molar-refractivity contribution in [1.29, 1.82) is 5.41 Å². The molecule has 2 heterocycles. The van der Waals surface area contributed by atoms with Gasteiger partial charge < -0.3 is 9.80 Å². The molecule has 0 radical (unpaired) electrons. The second-order valence-corrected chi connectivity index (χ2v) is 11.8. The number of hydrogen-bond acceptors (Lipinski definition) is 5. The van der Waals surface area contributed by atoms with Gasteiger partial charge in [-0.3, -0.25) is 10.2 Å². The number of benzene rings is 2. The molecule has 1 fully saturated rings. The van der Waals surface area contributed by atoms with Crippen LogP contribution in [-0.2, 0) is 21.4 Å². The van der Waals surface area contributed by atoms with Crippen LogP contribution in [0.5, 0.6) is 0 Å². The standard InChI is InChI=1S/C24H25ClN4O3S2/c1-3-10-27(2)24(26)18-6-4-17(5-7-18)15-28-11-12-29(16-22(28)30)34(31,32)23-13-19-8-9-20(25)14-21(19)33-23/h3-9,13-14,26H,1,10-12,15-16H2,2H3. The summed E-state index contributed by atoms with van der Waals surface area (Å²) in [4.78, 5) is 16.3. The van der Waals surface area contributed by atoms with E-state index in [0.29, 0.717) is 30.5 Å². The molecule has 0 unspecified atom stereocenters. The van der Waals surface area contributed by atoms with Gasteiger partial charge in [-0.25, -0.2) is 8.42 Å². The minimum Gasteiger partial charge on any atom is -0.356 e. The fourth-order valence-corrected chi connectivity index (χ4v) is 7.00. The number of nitrogens with one attached hydrogen (secondary N) is 1. The summed E-state index contributed by atoms with van der Waals surface area (Å²) in [5.41, 5.74) is 1.70. The van der Waals surface area contributed by atoms with Crippen LogP contribution in [0.1, 0.15) is 11.1 Å². The number of carbonyl (C=O) groups excluding carboxylic acids is 1. The second-order valence-electron chi connectivity index (χ2n) is 8.12. The van der Waals surface area contributed by atoms with E-state index in [4.69, 9.17) is 17.0 Å². The molecule has 0 spiro atoms. The summed E-state index contributed by atoms with van der Waals surface area (Å²) >= 11 is 7.18. The Kier molecular flexibility index (Phi) is 7.09. The number of likely N-dealkylation sites (N-methyl/N-ethyl adjacent to an activating group) is 1. The second kappa shape index (κ2) is 9.87. The number of nitrogens with zero attached hydrogens (tertiary/aromatic N) is 3. The molecule has 3 aromatic rings. The molecule has 178 valence electrons. The summed E-state index contributed by atoms with van der Waals surface area (Å²) in [7, 11) is -1.94. The van der Waals surface area contributed by atoms with Crippen LogP contribution < -0.4 is 0 Å². The first-order valence-electron chi connectivity index (χ1n) is 10.7. The molecule has 0 aliphatic carbocycles. The Bertz CT molecular complexity index is 1350. The zero-order valence-electron chi connectivity index (χ0n) is 18.7. The van der Waals surface area contributed by atoms with Crippen molar-refractivity contribution >= 4 is 54.8 Å². The molecule has 1 amide bonds. The normalized spacial score (nSPS) is 15.0. The Morgan fingerprint density at radius 3 is 2.62 bits per heavy atom. The lowest BCUT2D eigenvalue weighted by Crippen LogP contribution is -2.51. The minimum absolute atomic E-state index is 0.188. The van der Waals surface area contributed by atoms with Crippen LogP contribution in [0.3, 0.4) is 0 Å². The average molecular weight is 517 g/mol. The predicted molar refractivity (Wildman–Crippen MR) is 137 cm³/mol. The van der Waals surface area contributed by atoms with Gasteiger partial charge in [0.05, 0.1) is 6.54 Å². The number of piperazine rings is 1.